The van der Waals surface area contributed by atoms with E-state index in [2.05, 4.69) is 23.6 Å². The summed E-state index contributed by atoms with van der Waals surface area (Å²) in [6.45, 7) is 8.11. The number of carbonyl (C=O) groups excluding carboxylic acids is 1. The third-order valence-electron chi connectivity index (χ3n) is 4.85. The minimum absolute atomic E-state index is 0.163. The highest BCUT2D eigenvalue weighted by Gasteiger charge is 2.33. The second-order valence-corrected chi connectivity index (χ2v) is 6.49. The minimum Gasteiger partial charge on any atom is -0.391 e. The van der Waals surface area contributed by atoms with Crippen molar-refractivity contribution in [3.8, 4) is 0 Å². The van der Waals surface area contributed by atoms with Crippen LogP contribution in [0.1, 0.15) is 33.1 Å². The van der Waals surface area contributed by atoms with E-state index < -0.39 is 0 Å². The number of likely N-dealkylation sites (N-methyl/N-ethyl adjacent to an activating group) is 1. The second-order valence-electron chi connectivity index (χ2n) is 6.49. The molecule has 1 aliphatic heterocycles. The molecule has 1 saturated heterocycles. The predicted molar refractivity (Wildman–Crippen MR) is 79.6 cm³/mol. The average Bonchev–Trinajstić information content (AvgIpc) is 2.85. The Morgan fingerprint density at radius 2 is 1.90 bits per heavy atom. The lowest BCUT2D eigenvalue weighted by molar-refractivity contribution is -0.134. The van der Waals surface area contributed by atoms with Gasteiger partial charge in [0.2, 0.25) is 5.91 Å². The molecule has 116 valence electrons. The van der Waals surface area contributed by atoms with Crippen molar-refractivity contribution in [3.63, 3.8) is 0 Å². The maximum absolute atomic E-state index is 12.2. The predicted octanol–water partition coefficient (Wildman–Crippen LogP) is 0.384. The number of hydrogen-bond donors (Lipinski definition) is 1. The lowest BCUT2D eigenvalue weighted by atomic mass is 10.1. The van der Waals surface area contributed by atoms with Gasteiger partial charge < -0.3 is 10.0 Å². The van der Waals surface area contributed by atoms with Crippen LogP contribution in [0.15, 0.2) is 0 Å². The number of nitrogens with zero attached hydrogens (tertiary/aromatic N) is 3. The molecule has 5 heteroatoms. The van der Waals surface area contributed by atoms with Gasteiger partial charge in [-0.15, -0.1) is 0 Å². The summed E-state index contributed by atoms with van der Waals surface area (Å²) in [7, 11) is 1.99. The largest absolute Gasteiger partial charge is 0.391 e. The Bertz CT molecular complexity index is 327. The fourth-order valence-corrected chi connectivity index (χ4v) is 3.15. The lowest BCUT2D eigenvalue weighted by Gasteiger charge is -2.39. The van der Waals surface area contributed by atoms with Gasteiger partial charge in [-0.25, -0.2) is 0 Å². The minimum atomic E-state index is -0.163. The van der Waals surface area contributed by atoms with Crippen LogP contribution in [-0.4, -0.2) is 83.7 Å². The molecule has 0 radical (unpaired) electrons. The zero-order valence-electron chi connectivity index (χ0n) is 13.1. The van der Waals surface area contributed by atoms with Crippen LogP contribution in [-0.2, 0) is 4.79 Å². The highest BCUT2D eigenvalue weighted by Crippen LogP contribution is 2.25. The Balaban J connectivity index is 1.77. The van der Waals surface area contributed by atoms with Gasteiger partial charge in [0.25, 0.3) is 0 Å². The van der Waals surface area contributed by atoms with Gasteiger partial charge in [0.05, 0.1) is 12.6 Å². The molecule has 20 heavy (non-hydrogen) atoms. The molecular formula is C15H29N3O2. The fourth-order valence-electron chi connectivity index (χ4n) is 3.15. The first-order chi connectivity index (χ1) is 9.49. The molecule has 0 aromatic rings. The average molecular weight is 283 g/mol. The van der Waals surface area contributed by atoms with E-state index in [1.165, 1.54) is 0 Å². The second kappa shape index (κ2) is 6.87. The summed E-state index contributed by atoms with van der Waals surface area (Å²) in [5, 5.41) is 9.97. The van der Waals surface area contributed by atoms with E-state index >= 15 is 0 Å². The van der Waals surface area contributed by atoms with Crippen LogP contribution in [0.4, 0.5) is 0 Å². The van der Waals surface area contributed by atoms with Gasteiger partial charge in [-0.1, -0.05) is 0 Å². The standard InChI is InChI=1S/C15H29N3O2/c1-12(2)16(3)11-15(20)18-9-7-17(8-10-18)13-5-4-6-14(13)19/h12-14,19H,4-11H2,1-3H3. The van der Waals surface area contributed by atoms with Crippen molar-refractivity contribution in [2.24, 2.45) is 0 Å². The summed E-state index contributed by atoms with van der Waals surface area (Å²) in [6.07, 6.45) is 3.00. The molecule has 2 atom stereocenters. The Morgan fingerprint density at radius 1 is 1.25 bits per heavy atom. The molecule has 1 saturated carbocycles. The highest BCUT2D eigenvalue weighted by molar-refractivity contribution is 5.78. The summed E-state index contributed by atoms with van der Waals surface area (Å²) in [5.74, 6) is 0.229. The molecular weight excluding hydrogens is 254 g/mol. The monoisotopic (exact) mass is 283 g/mol. The molecule has 0 spiro atoms. The topological polar surface area (TPSA) is 47.0 Å². The molecule has 2 fully saturated rings. The Kier molecular flexibility index (Phi) is 5.41. The van der Waals surface area contributed by atoms with Gasteiger partial charge in [-0.05, 0) is 40.2 Å². The first kappa shape index (κ1) is 15.7. The van der Waals surface area contributed by atoms with Crippen molar-refractivity contribution in [1.82, 2.24) is 14.7 Å². The third kappa shape index (κ3) is 3.71. The lowest BCUT2D eigenvalue weighted by Crippen LogP contribution is -2.55. The normalized spacial score (nSPS) is 28.6. The molecule has 2 aliphatic rings. The van der Waals surface area contributed by atoms with Gasteiger partial charge in [0.1, 0.15) is 0 Å². The van der Waals surface area contributed by atoms with Crippen LogP contribution in [0.3, 0.4) is 0 Å². The summed E-state index contributed by atoms with van der Waals surface area (Å²) in [5.41, 5.74) is 0. The smallest absolute Gasteiger partial charge is 0.236 e. The summed E-state index contributed by atoms with van der Waals surface area (Å²) < 4.78 is 0. The summed E-state index contributed by atoms with van der Waals surface area (Å²) in [4.78, 5) is 18.6. The van der Waals surface area contributed by atoms with Crippen molar-refractivity contribution in [2.75, 3.05) is 39.8 Å². The van der Waals surface area contributed by atoms with Gasteiger partial charge >= 0.3 is 0 Å². The maximum Gasteiger partial charge on any atom is 0.236 e. The van der Waals surface area contributed by atoms with E-state index in [4.69, 9.17) is 0 Å². The van der Waals surface area contributed by atoms with E-state index in [1.807, 2.05) is 11.9 Å². The Morgan fingerprint density at radius 3 is 2.40 bits per heavy atom. The quantitative estimate of drug-likeness (QED) is 0.810. The molecule has 0 aromatic carbocycles. The molecule has 0 bridgehead atoms. The maximum atomic E-state index is 12.2. The number of amides is 1. The van der Waals surface area contributed by atoms with Crippen LogP contribution in [0.5, 0.6) is 0 Å². The number of piperazine rings is 1. The fraction of sp³-hybridized carbons (Fsp3) is 0.933. The van der Waals surface area contributed by atoms with Crippen LogP contribution in [0.2, 0.25) is 0 Å². The molecule has 5 nitrogen and oxygen atoms in total. The highest BCUT2D eigenvalue weighted by atomic mass is 16.3. The molecule has 1 N–H and O–H groups in total. The van der Waals surface area contributed by atoms with Crippen molar-refractivity contribution < 1.29 is 9.90 Å². The first-order valence-corrected chi connectivity index (χ1v) is 7.89. The van der Waals surface area contributed by atoms with Crippen molar-refractivity contribution in [1.29, 1.82) is 0 Å². The number of aliphatic hydroxyl groups excluding tert-OH is 1. The van der Waals surface area contributed by atoms with Gasteiger partial charge in [-0.2, -0.15) is 0 Å². The van der Waals surface area contributed by atoms with E-state index in [9.17, 15) is 9.90 Å². The molecule has 2 rings (SSSR count). The van der Waals surface area contributed by atoms with Crippen LogP contribution < -0.4 is 0 Å². The van der Waals surface area contributed by atoms with E-state index in [1.54, 1.807) is 0 Å². The van der Waals surface area contributed by atoms with E-state index in [0.717, 1.165) is 45.4 Å². The number of aliphatic hydroxyl groups is 1. The van der Waals surface area contributed by atoms with E-state index in [0.29, 0.717) is 18.6 Å². The van der Waals surface area contributed by atoms with Crippen molar-refractivity contribution in [3.05, 3.63) is 0 Å². The summed E-state index contributed by atoms with van der Waals surface area (Å²) in [6, 6.07) is 0.722. The number of carbonyl (C=O) groups is 1. The van der Waals surface area contributed by atoms with Crippen molar-refractivity contribution >= 4 is 5.91 Å². The zero-order chi connectivity index (χ0) is 14.7. The first-order valence-electron chi connectivity index (χ1n) is 7.89. The van der Waals surface area contributed by atoms with E-state index in [-0.39, 0.29) is 12.0 Å². The summed E-state index contributed by atoms with van der Waals surface area (Å²) >= 11 is 0. The molecule has 1 amide bonds. The Labute approximate surface area is 122 Å². The van der Waals surface area contributed by atoms with Gasteiger partial charge in [0.15, 0.2) is 0 Å². The van der Waals surface area contributed by atoms with Crippen molar-refractivity contribution in [2.45, 2.75) is 51.3 Å². The molecule has 1 heterocycles. The molecule has 0 aromatic heterocycles. The molecule has 1 aliphatic carbocycles. The zero-order valence-corrected chi connectivity index (χ0v) is 13.1. The number of hydrogen-bond acceptors (Lipinski definition) is 4. The molecule has 2 unspecified atom stereocenters. The van der Waals surface area contributed by atoms with Gasteiger partial charge in [-0.3, -0.25) is 14.6 Å². The SMILES string of the molecule is CC(C)N(C)CC(=O)N1CCN(C2CCCC2O)CC1. The van der Waals surface area contributed by atoms with Gasteiger partial charge in [0, 0.05) is 38.3 Å². The van der Waals surface area contributed by atoms with Crippen LogP contribution in [0.25, 0.3) is 0 Å². The number of rotatable bonds is 4. The third-order valence-corrected chi connectivity index (χ3v) is 4.85. The van der Waals surface area contributed by atoms with Crippen LogP contribution >= 0.6 is 0 Å². The van der Waals surface area contributed by atoms with Crippen LogP contribution in [0, 0.1) is 0 Å². The Hall–Kier alpha value is -0.650.